The number of likely N-dealkylation sites (tertiary alicyclic amines) is 1. The molecule has 0 radical (unpaired) electrons. The summed E-state index contributed by atoms with van der Waals surface area (Å²) in [7, 11) is 0.455. The van der Waals surface area contributed by atoms with E-state index < -0.39 is 10.0 Å². The smallest absolute Gasteiger partial charge is 0.253 e. The Morgan fingerprint density at radius 2 is 1.81 bits per heavy atom. The lowest BCUT2D eigenvalue weighted by atomic mass is 10.0. The van der Waals surface area contributed by atoms with E-state index in [0.717, 1.165) is 5.69 Å². The van der Waals surface area contributed by atoms with Gasteiger partial charge >= 0.3 is 0 Å². The lowest BCUT2D eigenvalue weighted by Crippen LogP contribution is -2.46. The number of hydrogen-bond donors (Lipinski definition) is 1. The molecule has 1 aliphatic heterocycles. The minimum Gasteiger partial charge on any atom is -0.378 e. The molecule has 1 aromatic heterocycles. The summed E-state index contributed by atoms with van der Waals surface area (Å²) in [5.41, 5.74) is 1.71. The zero-order chi connectivity index (χ0) is 18.7. The number of carbonyl (C=O) groups excluding carboxylic acids is 1. The Balaban J connectivity index is 1.57. The lowest BCUT2D eigenvalue weighted by Gasteiger charge is -2.32. The van der Waals surface area contributed by atoms with Crippen LogP contribution in [0.15, 0.2) is 46.0 Å². The highest BCUT2D eigenvalue weighted by Crippen LogP contribution is 2.20. The van der Waals surface area contributed by atoms with Crippen LogP contribution in [0, 0.1) is 0 Å². The molecule has 0 saturated carbocycles. The van der Waals surface area contributed by atoms with Gasteiger partial charge in [-0.2, -0.15) is 0 Å². The van der Waals surface area contributed by atoms with Gasteiger partial charge in [0, 0.05) is 44.5 Å². The summed E-state index contributed by atoms with van der Waals surface area (Å²) in [5.74, 6) is -0.00475. The molecule has 0 aliphatic carbocycles. The van der Waals surface area contributed by atoms with Crippen LogP contribution in [0.1, 0.15) is 23.2 Å². The molecule has 0 atom stereocenters. The minimum atomic E-state index is -3.46. The van der Waals surface area contributed by atoms with Gasteiger partial charge in [-0.25, -0.2) is 13.1 Å². The van der Waals surface area contributed by atoms with E-state index in [1.54, 1.807) is 22.4 Å². The summed E-state index contributed by atoms with van der Waals surface area (Å²) in [6.07, 6.45) is 1.23. The van der Waals surface area contributed by atoms with Gasteiger partial charge in [0.1, 0.15) is 4.21 Å². The van der Waals surface area contributed by atoms with Gasteiger partial charge in [-0.1, -0.05) is 6.07 Å². The van der Waals surface area contributed by atoms with Crippen molar-refractivity contribution in [1.29, 1.82) is 0 Å². The Morgan fingerprint density at radius 1 is 1.15 bits per heavy atom. The van der Waals surface area contributed by atoms with Crippen LogP contribution in [0.4, 0.5) is 5.69 Å². The average molecular weight is 394 g/mol. The van der Waals surface area contributed by atoms with Crippen molar-refractivity contribution < 1.29 is 13.2 Å². The minimum absolute atomic E-state index is 0.00475. The van der Waals surface area contributed by atoms with Crippen molar-refractivity contribution >= 4 is 33.0 Å². The van der Waals surface area contributed by atoms with E-state index >= 15 is 0 Å². The first-order chi connectivity index (χ1) is 12.4. The molecule has 26 heavy (non-hydrogen) atoms. The van der Waals surface area contributed by atoms with Crippen LogP contribution >= 0.6 is 11.3 Å². The molecule has 2 heterocycles. The highest BCUT2D eigenvalue weighted by atomic mass is 32.2. The third-order valence-electron chi connectivity index (χ3n) is 4.49. The van der Waals surface area contributed by atoms with E-state index in [1.807, 2.05) is 43.3 Å². The van der Waals surface area contributed by atoms with Gasteiger partial charge in [0.15, 0.2) is 0 Å². The number of carbonyl (C=O) groups is 1. The highest BCUT2D eigenvalue weighted by Gasteiger charge is 2.27. The molecule has 0 unspecified atom stereocenters. The Kier molecular flexibility index (Phi) is 5.64. The quantitative estimate of drug-likeness (QED) is 0.847. The van der Waals surface area contributed by atoms with Crippen molar-refractivity contribution in [2.24, 2.45) is 0 Å². The summed E-state index contributed by atoms with van der Waals surface area (Å²) < 4.78 is 27.7. The number of anilines is 1. The first-order valence-electron chi connectivity index (χ1n) is 8.49. The van der Waals surface area contributed by atoms with Crippen molar-refractivity contribution in [1.82, 2.24) is 9.62 Å². The summed E-state index contributed by atoms with van der Waals surface area (Å²) >= 11 is 1.21. The van der Waals surface area contributed by atoms with E-state index in [-0.39, 0.29) is 11.9 Å². The normalized spacial score (nSPS) is 15.8. The second kappa shape index (κ2) is 7.77. The van der Waals surface area contributed by atoms with Crippen molar-refractivity contribution in [3.8, 4) is 0 Å². The van der Waals surface area contributed by atoms with E-state index in [0.29, 0.717) is 35.7 Å². The molecular formula is C18H23N3O3S2. The van der Waals surface area contributed by atoms with Crippen LogP contribution in [0.3, 0.4) is 0 Å². The van der Waals surface area contributed by atoms with Crippen molar-refractivity contribution in [3.63, 3.8) is 0 Å². The van der Waals surface area contributed by atoms with Gasteiger partial charge in [0.25, 0.3) is 5.91 Å². The maximum Gasteiger partial charge on any atom is 0.253 e. The molecule has 2 aromatic rings. The van der Waals surface area contributed by atoms with Crippen molar-refractivity contribution in [2.75, 3.05) is 32.1 Å². The van der Waals surface area contributed by atoms with Gasteiger partial charge < -0.3 is 9.80 Å². The predicted molar refractivity (Wildman–Crippen MR) is 104 cm³/mol. The van der Waals surface area contributed by atoms with E-state index in [1.165, 1.54) is 11.3 Å². The Labute approximate surface area is 158 Å². The SMILES string of the molecule is CN(C)c1ccc(C(=O)N2CCC(NS(=O)(=O)c3cccs3)CC2)cc1. The molecule has 0 bridgehead atoms. The molecule has 1 N–H and O–H groups in total. The van der Waals surface area contributed by atoms with E-state index in [9.17, 15) is 13.2 Å². The standard InChI is InChI=1S/C18H23N3O3S2/c1-20(2)16-7-5-14(6-8-16)18(22)21-11-9-15(10-12-21)19-26(23,24)17-4-3-13-25-17/h3-8,13,15,19H,9-12H2,1-2H3. The Hall–Kier alpha value is -1.90. The molecule has 140 valence electrons. The molecule has 3 rings (SSSR count). The van der Waals surface area contributed by atoms with Crippen molar-refractivity contribution in [3.05, 3.63) is 47.3 Å². The maximum absolute atomic E-state index is 12.6. The summed E-state index contributed by atoms with van der Waals surface area (Å²) in [6, 6.07) is 10.7. The summed E-state index contributed by atoms with van der Waals surface area (Å²) in [4.78, 5) is 16.4. The van der Waals surface area contributed by atoms with Crippen LogP contribution in [0.25, 0.3) is 0 Å². The van der Waals surface area contributed by atoms with Gasteiger partial charge in [-0.15, -0.1) is 11.3 Å². The van der Waals surface area contributed by atoms with Gasteiger partial charge in [-0.3, -0.25) is 4.79 Å². The molecule has 6 nitrogen and oxygen atoms in total. The summed E-state index contributed by atoms with van der Waals surface area (Å²) in [5, 5.41) is 1.75. The Bertz CT molecular complexity index is 838. The fourth-order valence-corrected chi connectivity index (χ4v) is 5.29. The fraction of sp³-hybridized carbons (Fsp3) is 0.389. The summed E-state index contributed by atoms with van der Waals surface area (Å²) in [6.45, 7) is 1.10. The molecule has 1 aromatic carbocycles. The number of nitrogens with one attached hydrogen (secondary N) is 1. The Morgan fingerprint density at radius 3 is 2.35 bits per heavy atom. The van der Waals surface area contributed by atoms with Crippen LogP contribution in [-0.4, -0.2) is 52.5 Å². The maximum atomic E-state index is 12.6. The van der Waals surface area contributed by atoms with Crippen LogP contribution in [-0.2, 0) is 10.0 Å². The monoisotopic (exact) mass is 393 g/mol. The lowest BCUT2D eigenvalue weighted by molar-refractivity contribution is 0.0711. The average Bonchev–Trinajstić information content (AvgIpc) is 3.17. The number of thiophene rings is 1. The third kappa shape index (κ3) is 4.25. The molecule has 1 fully saturated rings. The number of amides is 1. The number of benzene rings is 1. The fourth-order valence-electron chi connectivity index (χ4n) is 2.98. The molecule has 0 spiro atoms. The molecular weight excluding hydrogens is 370 g/mol. The van der Waals surface area contributed by atoms with Crippen LogP contribution in [0.5, 0.6) is 0 Å². The van der Waals surface area contributed by atoms with Crippen LogP contribution < -0.4 is 9.62 Å². The number of piperidine rings is 1. The number of hydrogen-bond acceptors (Lipinski definition) is 5. The molecule has 8 heteroatoms. The first-order valence-corrected chi connectivity index (χ1v) is 10.9. The number of sulfonamides is 1. The topological polar surface area (TPSA) is 69.7 Å². The third-order valence-corrected chi connectivity index (χ3v) is 7.41. The van der Waals surface area contributed by atoms with E-state index in [2.05, 4.69) is 4.72 Å². The molecule has 1 amide bonds. The molecule has 1 saturated heterocycles. The van der Waals surface area contributed by atoms with E-state index in [4.69, 9.17) is 0 Å². The van der Waals surface area contributed by atoms with Crippen molar-refractivity contribution in [2.45, 2.75) is 23.1 Å². The largest absolute Gasteiger partial charge is 0.378 e. The predicted octanol–water partition coefficient (Wildman–Crippen LogP) is 2.40. The van der Waals surface area contributed by atoms with Gasteiger partial charge in [-0.05, 0) is 48.6 Å². The van der Waals surface area contributed by atoms with Gasteiger partial charge in [0.2, 0.25) is 10.0 Å². The number of rotatable bonds is 5. The molecule has 1 aliphatic rings. The first kappa shape index (κ1) is 18.9. The highest BCUT2D eigenvalue weighted by molar-refractivity contribution is 7.91. The second-order valence-corrected chi connectivity index (χ2v) is 9.45. The number of nitrogens with zero attached hydrogens (tertiary/aromatic N) is 2. The zero-order valence-corrected chi connectivity index (χ0v) is 16.5. The van der Waals surface area contributed by atoms with Gasteiger partial charge in [0.05, 0.1) is 0 Å². The van der Waals surface area contributed by atoms with Crippen LogP contribution in [0.2, 0.25) is 0 Å². The second-order valence-electron chi connectivity index (χ2n) is 6.56. The zero-order valence-electron chi connectivity index (χ0n) is 14.9.